The van der Waals surface area contributed by atoms with Crippen LogP contribution >= 0.6 is 0 Å². The van der Waals surface area contributed by atoms with Gasteiger partial charge < -0.3 is 18.9 Å². The predicted octanol–water partition coefficient (Wildman–Crippen LogP) is 7.47. The summed E-state index contributed by atoms with van der Waals surface area (Å²) in [5.74, 6) is -1.73. The van der Waals surface area contributed by atoms with Crippen molar-refractivity contribution in [1.82, 2.24) is 0 Å². The zero-order valence-corrected chi connectivity index (χ0v) is 21.2. The average molecular weight is 539 g/mol. The van der Waals surface area contributed by atoms with Crippen LogP contribution in [-0.4, -0.2) is 38.7 Å². The lowest BCUT2D eigenvalue weighted by Gasteiger charge is -2.29. The van der Waals surface area contributed by atoms with E-state index in [1.165, 1.54) is 6.07 Å². The fourth-order valence-corrected chi connectivity index (χ4v) is 4.33. The van der Waals surface area contributed by atoms with Gasteiger partial charge in [0, 0.05) is 17.6 Å². The molecular formula is C29H31F5O4. The zero-order valence-electron chi connectivity index (χ0n) is 21.2. The van der Waals surface area contributed by atoms with E-state index in [1.54, 1.807) is 18.2 Å². The van der Waals surface area contributed by atoms with Gasteiger partial charge in [-0.05, 0) is 54.0 Å². The van der Waals surface area contributed by atoms with Crippen LogP contribution in [0.4, 0.5) is 22.0 Å². The molecule has 4 nitrogen and oxygen atoms in total. The minimum absolute atomic E-state index is 0.0966. The van der Waals surface area contributed by atoms with Crippen molar-refractivity contribution < 1.29 is 40.9 Å². The van der Waals surface area contributed by atoms with Crippen LogP contribution < -0.4 is 4.74 Å². The van der Waals surface area contributed by atoms with Crippen LogP contribution in [0.2, 0.25) is 0 Å². The first-order valence-corrected chi connectivity index (χ1v) is 12.8. The smallest absolute Gasteiger partial charge is 0.422 e. The first kappa shape index (κ1) is 28.3. The Morgan fingerprint density at radius 2 is 1.71 bits per heavy atom. The topological polar surface area (TPSA) is 36.9 Å². The number of benzene rings is 3. The molecule has 0 amide bonds. The Bertz CT molecular complexity index is 1210. The summed E-state index contributed by atoms with van der Waals surface area (Å²) in [4.78, 5) is 0. The van der Waals surface area contributed by atoms with E-state index < -0.39 is 30.6 Å². The van der Waals surface area contributed by atoms with Crippen molar-refractivity contribution in [1.29, 1.82) is 0 Å². The van der Waals surface area contributed by atoms with E-state index in [0.29, 0.717) is 54.6 Å². The van der Waals surface area contributed by atoms with E-state index >= 15 is 4.39 Å². The Labute approximate surface area is 218 Å². The third-order valence-electron chi connectivity index (χ3n) is 6.37. The van der Waals surface area contributed by atoms with Gasteiger partial charge >= 0.3 is 6.18 Å². The highest BCUT2D eigenvalue weighted by Crippen LogP contribution is 2.30. The summed E-state index contributed by atoms with van der Waals surface area (Å²) in [6.07, 6.45) is -1.32. The van der Waals surface area contributed by atoms with Gasteiger partial charge in [-0.25, -0.2) is 8.78 Å². The second-order valence-electron chi connectivity index (χ2n) is 9.39. The first-order valence-electron chi connectivity index (χ1n) is 12.8. The van der Waals surface area contributed by atoms with Crippen LogP contribution in [0.5, 0.6) is 5.75 Å². The minimum atomic E-state index is -4.55. The van der Waals surface area contributed by atoms with Gasteiger partial charge in [-0.2, -0.15) is 13.2 Å². The molecule has 0 aromatic heterocycles. The molecule has 0 unspecified atom stereocenters. The Kier molecular flexibility index (Phi) is 9.57. The Balaban J connectivity index is 1.35. The first-order chi connectivity index (χ1) is 18.2. The highest BCUT2D eigenvalue weighted by molar-refractivity contribution is 5.84. The van der Waals surface area contributed by atoms with Crippen molar-refractivity contribution in [2.75, 3.05) is 26.4 Å². The van der Waals surface area contributed by atoms with Crippen molar-refractivity contribution in [2.24, 2.45) is 0 Å². The fraction of sp³-hybridized carbons (Fsp3) is 0.448. The fourth-order valence-electron chi connectivity index (χ4n) is 4.33. The normalized spacial score (nSPS) is 18.2. The molecule has 1 fully saturated rings. The van der Waals surface area contributed by atoms with Crippen molar-refractivity contribution in [3.63, 3.8) is 0 Å². The third-order valence-corrected chi connectivity index (χ3v) is 6.37. The molecule has 1 saturated heterocycles. The summed E-state index contributed by atoms with van der Waals surface area (Å²) in [6, 6.07) is 12.5. The molecule has 0 spiro atoms. The largest absolute Gasteiger partial charge is 0.481 e. The number of rotatable bonds is 11. The number of aryl methyl sites for hydroxylation is 2. The molecule has 0 bridgehead atoms. The molecule has 0 radical (unpaired) electrons. The van der Waals surface area contributed by atoms with Gasteiger partial charge in [0.05, 0.1) is 13.2 Å². The van der Waals surface area contributed by atoms with Crippen molar-refractivity contribution >= 4 is 10.8 Å². The SMILES string of the molecule is CCCCCOC1COC(c2ccc3c(F)c(CCc4ccc(OCC(F)(F)F)c(F)c4)ccc3c2)OC1. The van der Waals surface area contributed by atoms with Gasteiger partial charge in [0.15, 0.2) is 24.5 Å². The molecule has 9 heteroatoms. The summed E-state index contributed by atoms with van der Waals surface area (Å²) < 4.78 is 88.2. The zero-order chi connectivity index (χ0) is 27.1. The molecular weight excluding hydrogens is 507 g/mol. The van der Waals surface area contributed by atoms with E-state index in [9.17, 15) is 17.6 Å². The van der Waals surface area contributed by atoms with Crippen LogP contribution in [0.3, 0.4) is 0 Å². The molecule has 1 aliphatic rings. The Morgan fingerprint density at radius 3 is 2.42 bits per heavy atom. The lowest BCUT2D eigenvalue weighted by atomic mass is 9.99. The monoisotopic (exact) mass is 538 g/mol. The minimum Gasteiger partial charge on any atom is -0.481 e. The van der Waals surface area contributed by atoms with E-state index in [1.807, 2.05) is 12.1 Å². The summed E-state index contributed by atoms with van der Waals surface area (Å²) in [7, 11) is 0. The van der Waals surface area contributed by atoms with Gasteiger partial charge in [-0.1, -0.05) is 50.1 Å². The lowest BCUT2D eigenvalue weighted by Crippen LogP contribution is -2.33. The van der Waals surface area contributed by atoms with Gasteiger partial charge in [0.1, 0.15) is 11.9 Å². The molecule has 3 aromatic rings. The molecule has 0 aliphatic carbocycles. The average Bonchev–Trinajstić information content (AvgIpc) is 2.90. The maximum atomic E-state index is 15.2. The molecule has 1 heterocycles. The number of unbranched alkanes of at least 4 members (excludes halogenated alkanes) is 2. The van der Waals surface area contributed by atoms with E-state index in [4.69, 9.17) is 14.2 Å². The molecule has 1 aliphatic heterocycles. The van der Waals surface area contributed by atoms with Gasteiger partial charge in [-0.3, -0.25) is 0 Å². The molecule has 0 N–H and O–H groups in total. The molecule has 4 rings (SSSR count). The molecule has 206 valence electrons. The van der Waals surface area contributed by atoms with Crippen LogP contribution in [0, 0.1) is 11.6 Å². The predicted molar refractivity (Wildman–Crippen MR) is 133 cm³/mol. The van der Waals surface area contributed by atoms with Crippen molar-refractivity contribution in [2.45, 2.75) is 57.6 Å². The summed E-state index contributed by atoms with van der Waals surface area (Å²) in [6.45, 7) is 2.11. The van der Waals surface area contributed by atoms with Gasteiger partial charge in [-0.15, -0.1) is 0 Å². The summed E-state index contributed by atoms with van der Waals surface area (Å²) >= 11 is 0. The molecule has 0 atom stereocenters. The summed E-state index contributed by atoms with van der Waals surface area (Å²) in [5, 5.41) is 1.15. The number of fused-ring (bicyclic) bond motifs is 1. The van der Waals surface area contributed by atoms with Crippen LogP contribution in [-0.2, 0) is 27.1 Å². The maximum absolute atomic E-state index is 15.2. The van der Waals surface area contributed by atoms with Gasteiger partial charge in [0.25, 0.3) is 0 Å². The maximum Gasteiger partial charge on any atom is 0.422 e. The van der Waals surface area contributed by atoms with Gasteiger partial charge in [0.2, 0.25) is 0 Å². The second kappa shape index (κ2) is 12.9. The quantitative estimate of drug-likeness (QED) is 0.188. The number of ether oxygens (including phenoxy) is 4. The molecule has 0 saturated carbocycles. The summed E-state index contributed by atoms with van der Waals surface area (Å²) in [5.41, 5.74) is 1.77. The Hall–Kier alpha value is -2.75. The highest BCUT2D eigenvalue weighted by Gasteiger charge is 2.29. The van der Waals surface area contributed by atoms with E-state index in [-0.39, 0.29) is 11.9 Å². The van der Waals surface area contributed by atoms with E-state index in [2.05, 4.69) is 11.7 Å². The number of hydrogen-bond donors (Lipinski definition) is 0. The van der Waals surface area contributed by atoms with Crippen LogP contribution in [0.25, 0.3) is 10.8 Å². The van der Waals surface area contributed by atoms with Crippen LogP contribution in [0.15, 0.2) is 48.5 Å². The highest BCUT2D eigenvalue weighted by atomic mass is 19.4. The number of halogens is 5. The lowest BCUT2D eigenvalue weighted by molar-refractivity contribution is -0.230. The van der Waals surface area contributed by atoms with E-state index in [0.717, 1.165) is 37.0 Å². The molecule has 3 aromatic carbocycles. The third kappa shape index (κ3) is 7.65. The second-order valence-corrected chi connectivity index (χ2v) is 9.39. The Morgan fingerprint density at radius 1 is 0.921 bits per heavy atom. The molecule has 38 heavy (non-hydrogen) atoms. The van der Waals surface area contributed by atoms with Crippen LogP contribution in [0.1, 0.15) is 49.2 Å². The van der Waals surface area contributed by atoms with Crippen molar-refractivity contribution in [3.8, 4) is 5.75 Å². The number of hydrogen-bond acceptors (Lipinski definition) is 4. The standard InChI is InChI=1S/C29H31F5O4/c1-2-3-4-13-35-23-16-36-28(37-17-23)22-10-11-24-21(15-22)9-8-20(27(24)31)7-5-19-6-12-26(25(30)14-19)38-18-29(32,33)34/h6,8-12,14-15,23,28H,2-5,7,13,16-18H2,1H3. The van der Waals surface area contributed by atoms with Crippen molar-refractivity contribution in [3.05, 3.63) is 76.9 Å². The number of alkyl halides is 3.